The molecule has 4 heteroatoms. The predicted octanol–water partition coefficient (Wildman–Crippen LogP) is 5.33. The van der Waals surface area contributed by atoms with E-state index in [1.165, 1.54) is 30.4 Å². The highest BCUT2D eigenvalue weighted by Gasteiger charge is 2.27. The van der Waals surface area contributed by atoms with Gasteiger partial charge in [0.15, 0.2) is 5.13 Å². The van der Waals surface area contributed by atoms with Gasteiger partial charge >= 0.3 is 0 Å². The van der Waals surface area contributed by atoms with Gasteiger partial charge in [-0.25, -0.2) is 4.98 Å². The van der Waals surface area contributed by atoms with Crippen molar-refractivity contribution in [3.8, 4) is 0 Å². The van der Waals surface area contributed by atoms with Crippen molar-refractivity contribution in [3.63, 3.8) is 0 Å². The van der Waals surface area contributed by atoms with Gasteiger partial charge in [-0.2, -0.15) is 0 Å². The summed E-state index contributed by atoms with van der Waals surface area (Å²) in [6.45, 7) is 4.73. The van der Waals surface area contributed by atoms with E-state index in [1.54, 1.807) is 11.3 Å². The van der Waals surface area contributed by atoms with E-state index in [1.807, 2.05) is 18.2 Å². The SMILES string of the molecule is CC1(C)CCC(Nc2nc3cc(Cl)ccc3s2)CC1. The number of nitrogens with one attached hydrogen (secondary N) is 1. The smallest absolute Gasteiger partial charge is 0.184 e. The van der Waals surface area contributed by atoms with Crippen LogP contribution in [0.1, 0.15) is 39.5 Å². The molecule has 1 aromatic carbocycles. The van der Waals surface area contributed by atoms with Crippen LogP contribution in [0.15, 0.2) is 18.2 Å². The number of thiazole rings is 1. The summed E-state index contributed by atoms with van der Waals surface area (Å²) in [4.78, 5) is 4.63. The number of aromatic nitrogens is 1. The molecule has 0 radical (unpaired) electrons. The second kappa shape index (κ2) is 4.95. The zero-order chi connectivity index (χ0) is 13.5. The topological polar surface area (TPSA) is 24.9 Å². The second-order valence-electron chi connectivity index (χ2n) is 6.21. The molecular weight excluding hydrogens is 276 g/mol. The lowest BCUT2D eigenvalue weighted by atomic mass is 9.76. The monoisotopic (exact) mass is 294 g/mol. The summed E-state index contributed by atoms with van der Waals surface area (Å²) >= 11 is 7.71. The minimum atomic E-state index is 0.513. The van der Waals surface area contributed by atoms with Crippen LogP contribution in [0.4, 0.5) is 5.13 Å². The molecule has 1 saturated carbocycles. The van der Waals surface area contributed by atoms with E-state index >= 15 is 0 Å². The van der Waals surface area contributed by atoms with Crippen molar-refractivity contribution >= 4 is 38.3 Å². The Kier molecular flexibility index (Phi) is 3.44. The third kappa shape index (κ3) is 3.03. The first kappa shape index (κ1) is 13.2. The summed E-state index contributed by atoms with van der Waals surface area (Å²) in [5.41, 5.74) is 1.51. The highest BCUT2D eigenvalue weighted by atomic mass is 35.5. The molecule has 1 aromatic heterocycles. The fraction of sp³-hybridized carbons (Fsp3) is 0.533. The molecule has 1 aliphatic rings. The van der Waals surface area contributed by atoms with Crippen molar-refractivity contribution in [1.29, 1.82) is 0 Å². The van der Waals surface area contributed by atoms with E-state index in [9.17, 15) is 0 Å². The quantitative estimate of drug-likeness (QED) is 0.809. The summed E-state index contributed by atoms with van der Waals surface area (Å²) in [5.74, 6) is 0. The molecule has 1 aliphatic carbocycles. The fourth-order valence-corrected chi connectivity index (χ4v) is 3.77. The average molecular weight is 295 g/mol. The lowest BCUT2D eigenvalue weighted by Crippen LogP contribution is -2.29. The van der Waals surface area contributed by atoms with Gasteiger partial charge in [0.25, 0.3) is 0 Å². The maximum atomic E-state index is 6.00. The summed E-state index contributed by atoms with van der Waals surface area (Å²) in [5, 5.41) is 5.37. The molecule has 0 unspecified atom stereocenters. The zero-order valence-corrected chi connectivity index (χ0v) is 12.9. The molecule has 0 spiro atoms. The molecule has 102 valence electrons. The summed E-state index contributed by atoms with van der Waals surface area (Å²) in [6.07, 6.45) is 5.07. The van der Waals surface area contributed by atoms with Gasteiger partial charge in [0.05, 0.1) is 10.2 Å². The van der Waals surface area contributed by atoms with Crippen LogP contribution in [-0.2, 0) is 0 Å². The number of anilines is 1. The van der Waals surface area contributed by atoms with Crippen LogP contribution in [0.25, 0.3) is 10.2 Å². The van der Waals surface area contributed by atoms with Gasteiger partial charge in [0.2, 0.25) is 0 Å². The normalized spacial score (nSPS) is 19.7. The molecular formula is C15H19ClN2S. The molecule has 0 aliphatic heterocycles. The Morgan fingerprint density at radius 1 is 1.32 bits per heavy atom. The molecule has 19 heavy (non-hydrogen) atoms. The number of rotatable bonds is 2. The molecule has 0 saturated heterocycles. The lowest BCUT2D eigenvalue weighted by Gasteiger charge is -2.34. The Labute approximate surface area is 123 Å². The molecule has 0 atom stereocenters. The van der Waals surface area contributed by atoms with Crippen LogP contribution in [0.2, 0.25) is 5.02 Å². The molecule has 1 fully saturated rings. The maximum absolute atomic E-state index is 6.00. The standard InChI is InChI=1S/C15H19ClN2S/c1-15(2)7-5-11(6-8-15)17-14-18-12-9-10(16)3-4-13(12)19-14/h3-4,9,11H,5-8H2,1-2H3,(H,17,18). The van der Waals surface area contributed by atoms with Gasteiger partial charge in [-0.05, 0) is 49.3 Å². The minimum Gasteiger partial charge on any atom is -0.359 e. The average Bonchev–Trinajstić information content (AvgIpc) is 2.73. The van der Waals surface area contributed by atoms with Crippen LogP contribution >= 0.6 is 22.9 Å². The van der Waals surface area contributed by atoms with Gasteiger partial charge in [-0.15, -0.1) is 0 Å². The minimum absolute atomic E-state index is 0.513. The molecule has 1 N–H and O–H groups in total. The van der Waals surface area contributed by atoms with E-state index in [0.29, 0.717) is 11.5 Å². The fourth-order valence-electron chi connectivity index (χ4n) is 2.68. The van der Waals surface area contributed by atoms with Gasteiger partial charge in [0.1, 0.15) is 0 Å². The Bertz CT molecular complexity index is 581. The number of halogens is 1. The molecule has 3 rings (SSSR count). The van der Waals surface area contributed by atoms with Gasteiger partial charge < -0.3 is 5.32 Å². The second-order valence-corrected chi connectivity index (χ2v) is 7.68. The first-order valence-corrected chi connectivity index (χ1v) is 8.04. The molecule has 1 heterocycles. The lowest BCUT2D eigenvalue weighted by molar-refractivity contribution is 0.232. The third-order valence-corrected chi connectivity index (χ3v) is 5.22. The zero-order valence-electron chi connectivity index (χ0n) is 11.4. The Morgan fingerprint density at radius 3 is 2.79 bits per heavy atom. The van der Waals surface area contributed by atoms with Crippen LogP contribution in [0.3, 0.4) is 0 Å². The van der Waals surface area contributed by atoms with E-state index in [-0.39, 0.29) is 0 Å². The summed E-state index contributed by atoms with van der Waals surface area (Å²) in [6, 6.07) is 6.48. The highest BCUT2D eigenvalue weighted by molar-refractivity contribution is 7.22. The van der Waals surface area contributed by atoms with E-state index in [4.69, 9.17) is 11.6 Å². The van der Waals surface area contributed by atoms with Gasteiger partial charge in [-0.1, -0.05) is 36.8 Å². The number of fused-ring (bicyclic) bond motifs is 1. The largest absolute Gasteiger partial charge is 0.359 e. The number of hydrogen-bond acceptors (Lipinski definition) is 3. The van der Waals surface area contributed by atoms with Gasteiger partial charge in [0, 0.05) is 11.1 Å². The predicted molar refractivity (Wildman–Crippen MR) is 84.3 cm³/mol. The van der Waals surface area contributed by atoms with Crippen molar-refractivity contribution in [2.45, 2.75) is 45.6 Å². The Hall–Kier alpha value is -0.800. The van der Waals surface area contributed by atoms with E-state index in [0.717, 1.165) is 15.7 Å². The van der Waals surface area contributed by atoms with Crippen LogP contribution in [-0.4, -0.2) is 11.0 Å². The maximum Gasteiger partial charge on any atom is 0.184 e. The Balaban J connectivity index is 1.72. The molecule has 0 bridgehead atoms. The van der Waals surface area contributed by atoms with Gasteiger partial charge in [-0.3, -0.25) is 0 Å². The van der Waals surface area contributed by atoms with Crippen LogP contribution in [0, 0.1) is 5.41 Å². The summed E-state index contributed by atoms with van der Waals surface area (Å²) in [7, 11) is 0. The first-order chi connectivity index (χ1) is 9.02. The van der Waals surface area contributed by atoms with Crippen molar-refractivity contribution in [1.82, 2.24) is 4.98 Å². The number of nitrogens with zero attached hydrogens (tertiary/aromatic N) is 1. The van der Waals surface area contributed by atoms with Crippen molar-refractivity contribution in [3.05, 3.63) is 23.2 Å². The van der Waals surface area contributed by atoms with Crippen molar-refractivity contribution in [2.24, 2.45) is 5.41 Å². The molecule has 0 amide bonds. The first-order valence-electron chi connectivity index (χ1n) is 6.84. The molecule has 2 nitrogen and oxygen atoms in total. The number of benzene rings is 1. The van der Waals surface area contributed by atoms with Crippen LogP contribution < -0.4 is 5.32 Å². The Morgan fingerprint density at radius 2 is 2.05 bits per heavy atom. The van der Waals surface area contributed by atoms with Crippen molar-refractivity contribution < 1.29 is 0 Å². The highest BCUT2D eigenvalue weighted by Crippen LogP contribution is 2.37. The van der Waals surface area contributed by atoms with Crippen LogP contribution in [0.5, 0.6) is 0 Å². The number of hydrogen-bond donors (Lipinski definition) is 1. The van der Waals surface area contributed by atoms with E-state index in [2.05, 4.69) is 24.1 Å². The summed E-state index contributed by atoms with van der Waals surface area (Å²) < 4.78 is 1.20. The van der Waals surface area contributed by atoms with E-state index < -0.39 is 0 Å². The van der Waals surface area contributed by atoms with Crippen molar-refractivity contribution in [2.75, 3.05) is 5.32 Å². The molecule has 2 aromatic rings. The third-order valence-electron chi connectivity index (χ3n) is 4.02.